The number of nitrogens with one attached hydrogen (secondary N) is 1. The van der Waals surface area contributed by atoms with Crippen LogP contribution >= 0.6 is 11.3 Å². The molecule has 0 aliphatic heterocycles. The lowest BCUT2D eigenvalue weighted by Gasteiger charge is -2.14. The highest BCUT2D eigenvalue weighted by Gasteiger charge is 2.13. The van der Waals surface area contributed by atoms with Crippen molar-refractivity contribution in [1.29, 1.82) is 0 Å². The summed E-state index contributed by atoms with van der Waals surface area (Å²) in [5.74, 6) is 1.73. The summed E-state index contributed by atoms with van der Waals surface area (Å²) in [4.78, 5) is 16.9. The summed E-state index contributed by atoms with van der Waals surface area (Å²) >= 11 is 1.62. The SMILES string of the molecule is COc1cc(OC)c(OC)cc1CNC(=O)Cc1ccc(-c2csc(C)n2)cc1. The van der Waals surface area contributed by atoms with Crippen LogP contribution in [0.1, 0.15) is 16.1 Å². The molecule has 0 fully saturated rings. The second-order valence-corrected chi connectivity index (χ2v) is 7.48. The molecule has 0 saturated heterocycles. The standard InChI is InChI=1S/C22H24N2O4S/c1-14-24-18(13-29-14)16-7-5-15(6-8-16)9-22(25)23-12-17-10-20(27-3)21(28-4)11-19(17)26-2/h5-8,10-11,13H,9,12H2,1-4H3,(H,23,25). The highest BCUT2D eigenvalue weighted by Crippen LogP contribution is 2.34. The summed E-state index contributed by atoms with van der Waals surface area (Å²) in [5.41, 5.74) is 3.77. The summed E-state index contributed by atoms with van der Waals surface area (Å²) < 4.78 is 16.0. The minimum Gasteiger partial charge on any atom is -0.496 e. The van der Waals surface area contributed by atoms with E-state index in [9.17, 15) is 4.79 Å². The Morgan fingerprint density at radius 1 is 1.00 bits per heavy atom. The van der Waals surface area contributed by atoms with Crippen LogP contribution in [-0.2, 0) is 17.8 Å². The van der Waals surface area contributed by atoms with Gasteiger partial charge in [0.2, 0.25) is 5.91 Å². The number of carbonyl (C=O) groups is 1. The zero-order chi connectivity index (χ0) is 20.8. The van der Waals surface area contributed by atoms with Gasteiger partial charge in [0.1, 0.15) is 5.75 Å². The van der Waals surface area contributed by atoms with Gasteiger partial charge < -0.3 is 19.5 Å². The number of methoxy groups -OCH3 is 3. The van der Waals surface area contributed by atoms with E-state index in [2.05, 4.69) is 10.3 Å². The maximum atomic E-state index is 12.4. The summed E-state index contributed by atoms with van der Waals surface area (Å²) in [5, 5.41) is 6.01. The lowest BCUT2D eigenvalue weighted by molar-refractivity contribution is -0.120. The topological polar surface area (TPSA) is 69.7 Å². The first-order chi connectivity index (χ1) is 14.0. The predicted molar refractivity (Wildman–Crippen MR) is 114 cm³/mol. The van der Waals surface area contributed by atoms with E-state index < -0.39 is 0 Å². The minimum absolute atomic E-state index is 0.0703. The molecule has 0 saturated carbocycles. The molecule has 7 heteroatoms. The maximum Gasteiger partial charge on any atom is 0.224 e. The maximum absolute atomic E-state index is 12.4. The Bertz CT molecular complexity index is 983. The molecule has 2 aromatic carbocycles. The minimum atomic E-state index is -0.0703. The highest BCUT2D eigenvalue weighted by atomic mass is 32.1. The molecule has 0 radical (unpaired) electrons. The van der Waals surface area contributed by atoms with Crippen molar-refractivity contribution in [3.8, 4) is 28.5 Å². The summed E-state index contributed by atoms with van der Waals surface area (Å²) in [6, 6.07) is 11.5. The molecule has 0 bridgehead atoms. The zero-order valence-corrected chi connectivity index (χ0v) is 17.8. The van der Waals surface area contributed by atoms with Gasteiger partial charge in [-0.2, -0.15) is 0 Å². The van der Waals surface area contributed by atoms with Crippen molar-refractivity contribution < 1.29 is 19.0 Å². The first kappa shape index (κ1) is 20.7. The molecule has 1 amide bonds. The Balaban J connectivity index is 1.62. The second kappa shape index (κ2) is 9.43. The van der Waals surface area contributed by atoms with Crippen LogP contribution in [-0.4, -0.2) is 32.2 Å². The molecule has 1 aromatic heterocycles. The highest BCUT2D eigenvalue weighted by molar-refractivity contribution is 7.09. The lowest BCUT2D eigenvalue weighted by Crippen LogP contribution is -2.24. The monoisotopic (exact) mass is 412 g/mol. The normalized spacial score (nSPS) is 10.5. The number of benzene rings is 2. The smallest absolute Gasteiger partial charge is 0.224 e. The van der Waals surface area contributed by atoms with Gasteiger partial charge in [0.05, 0.1) is 38.5 Å². The van der Waals surface area contributed by atoms with E-state index in [-0.39, 0.29) is 5.91 Å². The van der Waals surface area contributed by atoms with Crippen molar-refractivity contribution in [2.24, 2.45) is 0 Å². The van der Waals surface area contributed by atoms with E-state index in [0.717, 1.165) is 27.4 Å². The molecule has 6 nitrogen and oxygen atoms in total. The van der Waals surface area contributed by atoms with Crippen LogP contribution in [0.5, 0.6) is 17.2 Å². The van der Waals surface area contributed by atoms with E-state index in [1.165, 1.54) is 0 Å². The summed E-state index contributed by atoms with van der Waals surface area (Å²) in [7, 11) is 4.72. The van der Waals surface area contributed by atoms with Crippen LogP contribution in [0.4, 0.5) is 0 Å². The lowest BCUT2D eigenvalue weighted by atomic mass is 10.1. The van der Waals surface area contributed by atoms with Gasteiger partial charge in [-0.05, 0) is 18.6 Å². The van der Waals surface area contributed by atoms with E-state index >= 15 is 0 Å². The number of rotatable bonds is 8. The molecular weight excluding hydrogens is 388 g/mol. The Kier molecular flexibility index (Phi) is 6.72. The molecule has 1 N–H and O–H groups in total. The van der Waals surface area contributed by atoms with Gasteiger partial charge in [-0.15, -0.1) is 11.3 Å². The average Bonchev–Trinajstić information content (AvgIpc) is 3.18. The predicted octanol–water partition coefficient (Wildman–Crippen LogP) is 4.00. The molecule has 152 valence electrons. The first-order valence-corrected chi connectivity index (χ1v) is 9.99. The third-order valence-electron chi connectivity index (χ3n) is 4.50. The van der Waals surface area contributed by atoms with Crippen LogP contribution in [0, 0.1) is 6.92 Å². The number of carbonyl (C=O) groups excluding carboxylic acids is 1. The Morgan fingerprint density at radius 3 is 2.24 bits per heavy atom. The third-order valence-corrected chi connectivity index (χ3v) is 5.27. The van der Waals surface area contributed by atoms with Crippen molar-refractivity contribution in [3.05, 3.63) is 57.9 Å². The zero-order valence-electron chi connectivity index (χ0n) is 16.9. The van der Waals surface area contributed by atoms with Crippen LogP contribution in [0.2, 0.25) is 0 Å². The fraction of sp³-hybridized carbons (Fsp3) is 0.273. The van der Waals surface area contributed by atoms with Gasteiger partial charge in [0.25, 0.3) is 0 Å². The van der Waals surface area contributed by atoms with Gasteiger partial charge >= 0.3 is 0 Å². The molecule has 0 unspecified atom stereocenters. The van der Waals surface area contributed by atoms with Crippen LogP contribution in [0.25, 0.3) is 11.3 Å². The molecule has 0 aliphatic carbocycles. The van der Waals surface area contributed by atoms with Crippen molar-refractivity contribution in [2.45, 2.75) is 19.9 Å². The fourth-order valence-electron chi connectivity index (χ4n) is 2.96. The molecule has 0 atom stereocenters. The average molecular weight is 413 g/mol. The van der Waals surface area contributed by atoms with E-state index in [4.69, 9.17) is 14.2 Å². The fourth-order valence-corrected chi connectivity index (χ4v) is 3.58. The van der Waals surface area contributed by atoms with Gasteiger partial charge in [-0.25, -0.2) is 4.98 Å². The van der Waals surface area contributed by atoms with Gasteiger partial charge in [0.15, 0.2) is 11.5 Å². The van der Waals surface area contributed by atoms with Crippen molar-refractivity contribution in [2.75, 3.05) is 21.3 Å². The van der Waals surface area contributed by atoms with Crippen LogP contribution < -0.4 is 19.5 Å². The number of nitrogens with zero attached hydrogens (tertiary/aromatic N) is 1. The van der Waals surface area contributed by atoms with E-state index in [1.807, 2.05) is 42.6 Å². The third kappa shape index (κ3) is 5.06. The summed E-state index contributed by atoms with van der Waals surface area (Å²) in [6.45, 7) is 2.32. The van der Waals surface area contributed by atoms with E-state index in [0.29, 0.717) is 30.2 Å². The molecule has 3 aromatic rings. The molecule has 1 heterocycles. The molecule has 3 rings (SSSR count). The molecule has 0 spiro atoms. The van der Waals surface area contributed by atoms with Crippen molar-refractivity contribution in [1.82, 2.24) is 10.3 Å². The van der Waals surface area contributed by atoms with Gasteiger partial charge in [0, 0.05) is 29.1 Å². The molecular formula is C22H24N2O4S. The number of aromatic nitrogens is 1. The molecule has 0 aliphatic rings. The van der Waals surface area contributed by atoms with Crippen LogP contribution in [0.15, 0.2) is 41.8 Å². The number of thiazole rings is 1. The number of amides is 1. The number of ether oxygens (including phenoxy) is 3. The van der Waals surface area contributed by atoms with Gasteiger partial charge in [-0.3, -0.25) is 4.79 Å². The second-order valence-electron chi connectivity index (χ2n) is 6.42. The largest absolute Gasteiger partial charge is 0.496 e. The Morgan fingerprint density at radius 2 is 1.66 bits per heavy atom. The van der Waals surface area contributed by atoms with Crippen molar-refractivity contribution in [3.63, 3.8) is 0 Å². The number of aryl methyl sites for hydroxylation is 1. The Hall–Kier alpha value is -3.06. The quantitative estimate of drug-likeness (QED) is 0.606. The number of hydrogen-bond acceptors (Lipinski definition) is 6. The van der Waals surface area contributed by atoms with E-state index in [1.54, 1.807) is 38.7 Å². The number of hydrogen-bond donors (Lipinski definition) is 1. The Labute approximate surface area is 174 Å². The molecule has 29 heavy (non-hydrogen) atoms. The van der Waals surface area contributed by atoms with Crippen LogP contribution in [0.3, 0.4) is 0 Å². The first-order valence-electron chi connectivity index (χ1n) is 9.11. The summed E-state index contributed by atoms with van der Waals surface area (Å²) in [6.07, 6.45) is 0.298. The van der Waals surface area contributed by atoms with Gasteiger partial charge in [-0.1, -0.05) is 24.3 Å². The van der Waals surface area contributed by atoms with Crippen molar-refractivity contribution >= 4 is 17.2 Å².